The molecule has 1 aromatic rings. The van der Waals surface area contributed by atoms with E-state index in [1.54, 1.807) is 0 Å². The van der Waals surface area contributed by atoms with E-state index >= 15 is 0 Å². The maximum Gasteiger partial charge on any atom is 0.164 e. The fourth-order valence-electron chi connectivity index (χ4n) is 2.44. The molecule has 2 nitrogen and oxygen atoms in total. The molecule has 2 rings (SSSR count). The lowest BCUT2D eigenvalue weighted by atomic mass is 10.0. The molecule has 1 fully saturated rings. The largest absolute Gasteiger partial charge is 0.303 e. The average Bonchev–Trinajstić information content (AvgIpc) is 3.19. The highest BCUT2D eigenvalue weighted by molar-refractivity contribution is 5.97. The monoisotopic (exact) mass is 245 g/mol. The molecule has 0 radical (unpaired) electrons. The van der Waals surface area contributed by atoms with Crippen LogP contribution in [0.5, 0.6) is 0 Å². The van der Waals surface area contributed by atoms with Gasteiger partial charge in [0, 0.05) is 24.6 Å². The predicted molar refractivity (Wildman–Crippen MR) is 74.9 cm³/mol. The Kier molecular flexibility index (Phi) is 4.18. The van der Waals surface area contributed by atoms with Gasteiger partial charge in [0.2, 0.25) is 0 Å². The van der Waals surface area contributed by atoms with Crippen molar-refractivity contribution >= 4 is 5.78 Å². The summed E-state index contributed by atoms with van der Waals surface area (Å²) in [5.41, 5.74) is 1.96. The quantitative estimate of drug-likeness (QED) is 0.717. The molecular weight excluding hydrogens is 222 g/mol. The van der Waals surface area contributed by atoms with Crippen LogP contribution in [0.25, 0.3) is 0 Å². The van der Waals surface area contributed by atoms with Gasteiger partial charge in [0.05, 0.1) is 0 Å². The molecule has 0 bridgehead atoms. The van der Waals surface area contributed by atoms with Crippen LogP contribution in [0.15, 0.2) is 24.3 Å². The second-order valence-electron chi connectivity index (χ2n) is 5.55. The fraction of sp³-hybridized carbons (Fsp3) is 0.562. The van der Waals surface area contributed by atoms with Gasteiger partial charge in [-0.05, 0) is 45.2 Å². The van der Waals surface area contributed by atoms with Crippen LogP contribution in [0.2, 0.25) is 0 Å². The first-order valence-corrected chi connectivity index (χ1v) is 6.88. The van der Waals surface area contributed by atoms with Crippen molar-refractivity contribution in [3.05, 3.63) is 35.4 Å². The SMILES string of the molecule is Cc1ccccc1C(=O)CCN(C)C(C)C1CC1. The third kappa shape index (κ3) is 3.20. The van der Waals surface area contributed by atoms with Gasteiger partial charge in [-0.3, -0.25) is 4.79 Å². The number of Topliss-reactive ketones (excluding diaryl/α,β-unsaturated/α-hetero) is 1. The smallest absolute Gasteiger partial charge is 0.164 e. The summed E-state index contributed by atoms with van der Waals surface area (Å²) >= 11 is 0. The van der Waals surface area contributed by atoms with Crippen molar-refractivity contribution in [1.82, 2.24) is 4.90 Å². The summed E-state index contributed by atoms with van der Waals surface area (Å²) < 4.78 is 0. The molecule has 1 saturated carbocycles. The average molecular weight is 245 g/mol. The highest BCUT2D eigenvalue weighted by Gasteiger charge is 2.30. The van der Waals surface area contributed by atoms with Crippen LogP contribution >= 0.6 is 0 Å². The van der Waals surface area contributed by atoms with E-state index in [-0.39, 0.29) is 5.78 Å². The van der Waals surface area contributed by atoms with Crippen molar-refractivity contribution in [2.45, 2.75) is 39.2 Å². The van der Waals surface area contributed by atoms with Gasteiger partial charge < -0.3 is 4.90 Å². The van der Waals surface area contributed by atoms with Gasteiger partial charge in [-0.25, -0.2) is 0 Å². The molecule has 0 aromatic heterocycles. The lowest BCUT2D eigenvalue weighted by molar-refractivity contribution is 0.0959. The van der Waals surface area contributed by atoms with Crippen LogP contribution in [-0.2, 0) is 0 Å². The molecule has 0 spiro atoms. The number of rotatable bonds is 6. The first-order chi connectivity index (χ1) is 8.59. The van der Waals surface area contributed by atoms with Crippen molar-refractivity contribution in [3.8, 4) is 0 Å². The Morgan fingerprint density at radius 2 is 2.06 bits per heavy atom. The Labute approximate surface area is 110 Å². The van der Waals surface area contributed by atoms with Crippen LogP contribution in [-0.4, -0.2) is 30.3 Å². The number of benzene rings is 1. The first-order valence-electron chi connectivity index (χ1n) is 6.88. The van der Waals surface area contributed by atoms with E-state index in [0.29, 0.717) is 12.5 Å². The first kappa shape index (κ1) is 13.3. The minimum atomic E-state index is 0.267. The number of ketones is 1. The summed E-state index contributed by atoms with van der Waals surface area (Å²) in [6.45, 7) is 5.14. The Bertz CT molecular complexity index is 423. The lowest BCUT2D eigenvalue weighted by Crippen LogP contribution is -2.32. The van der Waals surface area contributed by atoms with Gasteiger partial charge in [0.1, 0.15) is 0 Å². The van der Waals surface area contributed by atoms with Gasteiger partial charge >= 0.3 is 0 Å². The number of carbonyl (C=O) groups is 1. The van der Waals surface area contributed by atoms with Crippen molar-refractivity contribution in [2.24, 2.45) is 5.92 Å². The van der Waals surface area contributed by atoms with E-state index in [2.05, 4.69) is 18.9 Å². The number of carbonyl (C=O) groups excluding carboxylic acids is 1. The highest BCUT2D eigenvalue weighted by atomic mass is 16.1. The number of nitrogens with zero attached hydrogens (tertiary/aromatic N) is 1. The van der Waals surface area contributed by atoms with Crippen molar-refractivity contribution < 1.29 is 4.79 Å². The Morgan fingerprint density at radius 3 is 2.67 bits per heavy atom. The Morgan fingerprint density at radius 1 is 1.39 bits per heavy atom. The van der Waals surface area contributed by atoms with Gasteiger partial charge in [0.15, 0.2) is 5.78 Å². The fourth-order valence-corrected chi connectivity index (χ4v) is 2.44. The normalized spacial score (nSPS) is 16.9. The second-order valence-corrected chi connectivity index (χ2v) is 5.55. The maximum atomic E-state index is 12.2. The number of aryl methyl sites for hydroxylation is 1. The molecule has 1 atom stereocenters. The zero-order valence-electron chi connectivity index (χ0n) is 11.6. The summed E-state index contributed by atoms with van der Waals surface area (Å²) in [5.74, 6) is 1.13. The lowest BCUT2D eigenvalue weighted by Gasteiger charge is -2.24. The van der Waals surface area contributed by atoms with Crippen LogP contribution in [0.4, 0.5) is 0 Å². The van der Waals surface area contributed by atoms with Crippen molar-refractivity contribution in [2.75, 3.05) is 13.6 Å². The number of hydrogen-bond acceptors (Lipinski definition) is 2. The van der Waals surface area contributed by atoms with Crippen LogP contribution in [0, 0.1) is 12.8 Å². The molecule has 0 N–H and O–H groups in total. The molecule has 0 heterocycles. The molecule has 1 unspecified atom stereocenters. The third-order valence-corrected chi connectivity index (χ3v) is 4.14. The van der Waals surface area contributed by atoms with Gasteiger partial charge in [-0.1, -0.05) is 24.3 Å². The minimum absolute atomic E-state index is 0.267. The summed E-state index contributed by atoms with van der Waals surface area (Å²) in [6, 6.07) is 8.48. The summed E-state index contributed by atoms with van der Waals surface area (Å²) in [4.78, 5) is 14.5. The zero-order chi connectivity index (χ0) is 13.1. The van der Waals surface area contributed by atoms with Gasteiger partial charge in [-0.15, -0.1) is 0 Å². The predicted octanol–water partition coefficient (Wildman–Crippen LogP) is 3.30. The molecule has 98 valence electrons. The molecule has 18 heavy (non-hydrogen) atoms. The van der Waals surface area contributed by atoms with Crippen molar-refractivity contribution in [3.63, 3.8) is 0 Å². The Balaban J connectivity index is 1.86. The standard InChI is InChI=1S/C16H23NO/c1-12-6-4-5-7-15(12)16(18)10-11-17(3)13(2)14-8-9-14/h4-7,13-14H,8-11H2,1-3H3. The summed E-state index contributed by atoms with van der Waals surface area (Å²) in [7, 11) is 2.13. The minimum Gasteiger partial charge on any atom is -0.303 e. The molecule has 0 aliphatic heterocycles. The molecule has 2 heteroatoms. The van der Waals surface area contributed by atoms with Crippen LogP contribution < -0.4 is 0 Å². The Hall–Kier alpha value is -1.15. The second kappa shape index (κ2) is 5.66. The molecule has 1 aliphatic carbocycles. The third-order valence-electron chi connectivity index (χ3n) is 4.14. The molecule has 1 aromatic carbocycles. The van der Waals surface area contributed by atoms with E-state index in [4.69, 9.17) is 0 Å². The molecule has 1 aliphatic rings. The van der Waals surface area contributed by atoms with Crippen LogP contribution in [0.1, 0.15) is 42.1 Å². The van der Waals surface area contributed by atoms with Gasteiger partial charge in [-0.2, -0.15) is 0 Å². The van der Waals surface area contributed by atoms with E-state index in [9.17, 15) is 4.79 Å². The van der Waals surface area contributed by atoms with Gasteiger partial charge in [0.25, 0.3) is 0 Å². The maximum absolute atomic E-state index is 12.2. The van der Waals surface area contributed by atoms with E-state index in [1.165, 1.54) is 12.8 Å². The van der Waals surface area contributed by atoms with Crippen molar-refractivity contribution in [1.29, 1.82) is 0 Å². The van der Waals surface area contributed by atoms with E-state index < -0.39 is 0 Å². The topological polar surface area (TPSA) is 20.3 Å². The summed E-state index contributed by atoms with van der Waals surface area (Å²) in [5, 5.41) is 0. The molecular formula is C16H23NO. The highest BCUT2D eigenvalue weighted by Crippen LogP contribution is 2.34. The van der Waals surface area contributed by atoms with E-state index in [0.717, 1.165) is 23.6 Å². The molecule has 0 amide bonds. The number of hydrogen-bond donors (Lipinski definition) is 0. The zero-order valence-corrected chi connectivity index (χ0v) is 11.6. The van der Waals surface area contributed by atoms with E-state index in [1.807, 2.05) is 31.2 Å². The van der Waals surface area contributed by atoms with Crippen LogP contribution in [0.3, 0.4) is 0 Å². The molecule has 0 saturated heterocycles. The summed E-state index contributed by atoms with van der Waals surface area (Å²) in [6.07, 6.45) is 3.34.